The summed E-state index contributed by atoms with van der Waals surface area (Å²) in [6.07, 6.45) is 6.23. The Morgan fingerprint density at radius 3 is 2.93 bits per heavy atom. The smallest absolute Gasteiger partial charge is 0.0798 e. The predicted molar refractivity (Wildman–Crippen MR) is 61.8 cm³/mol. The monoisotopic (exact) mass is 201 g/mol. The fourth-order valence-electron chi connectivity index (χ4n) is 2.23. The molecule has 0 saturated carbocycles. The molecule has 0 aromatic heterocycles. The first-order valence-electron chi connectivity index (χ1n) is 5.11. The zero-order chi connectivity index (χ0) is 10.9. The average molecular weight is 201 g/mol. The van der Waals surface area contributed by atoms with Crippen LogP contribution in [-0.2, 0) is 6.42 Å². The molecule has 1 N–H and O–H groups in total. The Labute approximate surface area is 90.5 Å². The fraction of sp³-hybridized carbons (Fsp3) is 0.385. The maximum Gasteiger partial charge on any atom is 0.0798 e. The molecule has 1 unspecified atom stereocenters. The lowest BCUT2D eigenvalue weighted by atomic mass is 9.98. The van der Waals surface area contributed by atoms with Crippen molar-refractivity contribution in [3.05, 3.63) is 29.8 Å². The molecular formula is C13H15NO. The van der Waals surface area contributed by atoms with E-state index in [-0.39, 0.29) is 12.1 Å². The summed E-state index contributed by atoms with van der Waals surface area (Å²) in [5.41, 5.74) is 2.19. The standard InChI is InChI=1S/C13H15NO/c1-3-8-14-12-7-5-4-6-11(12)9-13(14,2)10-15/h1,4-7,15H,8-10H2,2H3. The van der Waals surface area contributed by atoms with Crippen LogP contribution < -0.4 is 4.90 Å². The number of benzene rings is 1. The second-order valence-corrected chi connectivity index (χ2v) is 4.25. The number of fused-ring (bicyclic) bond motifs is 1. The van der Waals surface area contributed by atoms with E-state index in [2.05, 4.69) is 23.0 Å². The SMILES string of the molecule is C#CCN1c2ccccc2CC1(C)CO. The van der Waals surface area contributed by atoms with E-state index in [1.54, 1.807) is 0 Å². The number of terminal acetylenes is 1. The Bertz CT molecular complexity index is 407. The largest absolute Gasteiger partial charge is 0.394 e. The van der Waals surface area contributed by atoms with Gasteiger partial charge in [0, 0.05) is 5.69 Å². The first-order valence-corrected chi connectivity index (χ1v) is 5.11. The van der Waals surface area contributed by atoms with Crippen molar-refractivity contribution in [3.8, 4) is 12.3 Å². The number of rotatable bonds is 2. The molecule has 0 spiro atoms. The highest BCUT2D eigenvalue weighted by Crippen LogP contribution is 2.37. The van der Waals surface area contributed by atoms with Crippen molar-refractivity contribution in [3.63, 3.8) is 0 Å². The predicted octanol–water partition coefficient (Wildman–Crippen LogP) is 1.43. The maximum atomic E-state index is 9.48. The summed E-state index contributed by atoms with van der Waals surface area (Å²) in [4.78, 5) is 2.11. The summed E-state index contributed by atoms with van der Waals surface area (Å²) >= 11 is 0. The van der Waals surface area contributed by atoms with Crippen molar-refractivity contribution in [1.82, 2.24) is 0 Å². The fourth-order valence-corrected chi connectivity index (χ4v) is 2.23. The van der Waals surface area contributed by atoms with Crippen molar-refractivity contribution in [2.24, 2.45) is 0 Å². The number of aliphatic hydroxyl groups excluding tert-OH is 1. The van der Waals surface area contributed by atoms with Crippen molar-refractivity contribution in [1.29, 1.82) is 0 Å². The van der Waals surface area contributed by atoms with Crippen LogP contribution in [0.4, 0.5) is 5.69 Å². The molecule has 0 aliphatic carbocycles. The van der Waals surface area contributed by atoms with Gasteiger partial charge in [-0.2, -0.15) is 0 Å². The molecule has 1 heterocycles. The Hall–Kier alpha value is -1.46. The first-order chi connectivity index (χ1) is 7.21. The van der Waals surface area contributed by atoms with Crippen molar-refractivity contribution >= 4 is 5.69 Å². The zero-order valence-electron chi connectivity index (χ0n) is 8.90. The molecule has 2 heteroatoms. The van der Waals surface area contributed by atoms with Crippen LogP contribution >= 0.6 is 0 Å². The highest BCUT2D eigenvalue weighted by molar-refractivity contribution is 5.62. The van der Waals surface area contributed by atoms with Gasteiger partial charge in [0.05, 0.1) is 18.7 Å². The number of aliphatic hydroxyl groups is 1. The molecule has 0 bridgehead atoms. The quantitative estimate of drug-likeness (QED) is 0.732. The van der Waals surface area contributed by atoms with E-state index in [1.807, 2.05) is 19.1 Å². The molecule has 78 valence electrons. The number of para-hydroxylation sites is 1. The highest BCUT2D eigenvalue weighted by atomic mass is 16.3. The van der Waals surface area contributed by atoms with Gasteiger partial charge in [0.2, 0.25) is 0 Å². The molecule has 1 aromatic carbocycles. The summed E-state index contributed by atoms with van der Waals surface area (Å²) in [6, 6.07) is 8.19. The lowest BCUT2D eigenvalue weighted by Gasteiger charge is -2.34. The maximum absolute atomic E-state index is 9.48. The zero-order valence-corrected chi connectivity index (χ0v) is 8.90. The van der Waals surface area contributed by atoms with Crippen LogP contribution in [0.3, 0.4) is 0 Å². The lowest BCUT2D eigenvalue weighted by Crippen LogP contribution is -2.47. The Balaban J connectivity index is 2.43. The number of nitrogens with zero attached hydrogens (tertiary/aromatic N) is 1. The number of hydrogen-bond acceptors (Lipinski definition) is 2. The minimum absolute atomic E-state index is 0.128. The van der Waals surface area contributed by atoms with Gasteiger partial charge < -0.3 is 10.0 Å². The van der Waals surface area contributed by atoms with Gasteiger partial charge in [-0.15, -0.1) is 6.42 Å². The van der Waals surface area contributed by atoms with E-state index in [1.165, 1.54) is 5.56 Å². The Kier molecular flexibility index (Phi) is 2.42. The highest BCUT2D eigenvalue weighted by Gasteiger charge is 2.38. The molecule has 0 radical (unpaired) electrons. The van der Waals surface area contributed by atoms with Gasteiger partial charge in [0.25, 0.3) is 0 Å². The molecule has 1 aromatic rings. The van der Waals surface area contributed by atoms with Gasteiger partial charge in [-0.05, 0) is 25.0 Å². The molecule has 0 amide bonds. The minimum Gasteiger partial charge on any atom is -0.394 e. The summed E-state index contributed by atoms with van der Waals surface area (Å²) in [5, 5.41) is 9.48. The van der Waals surface area contributed by atoms with E-state index in [4.69, 9.17) is 6.42 Å². The van der Waals surface area contributed by atoms with Crippen molar-refractivity contribution < 1.29 is 5.11 Å². The molecule has 15 heavy (non-hydrogen) atoms. The van der Waals surface area contributed by atoms with Crippen LogP contribution in [0.25, 0.3) is 0 Å². The van der Waals surface area contributed by atoms with Gasteiger partial charge in [-0.3, -0.25) is 0 Å². The van der Waals surface area contributed by atoms with Crippen molar-refractivity contribution in [2.75, 3.05) is 18.1 Å². The third-order valence-corrected chi connectivity index (χ3v) is 3.10. The lowest BCUT2D eigenvalue weighted by molar-refractivity contribution is 0.207. The topological polar surface area (TPSA) is 23.5 Å². The van der Waals surface area contributed by atoms with Gasteiger partial charge in [0.15, 0.2) is 0 Å². The molecule has 0 fully saturated rings. The number of anilines is 1. The van der Waals surface area contributed by atoms with Crippen LogP contribution in [0.1, 0.15) is 12.5 Å². The summed E-state index contributed by atoms with van der Waals surface area (Å²) in [5.74, 6) is 2.65. The van der Waals surface area contributed by atoms with E-state index in [0.717, 1.165) is 12.1 Å². The van der Waals surface area contributed by atoms with Crippen molar-refractivity contribution in [2.45, 2.75) is 18.9 Å². The molecular weight excluding hydrogens is 186 g/mol. The van der Waals surface area contributed by atoms with Gasteiger partial charge in [0.1, 0.15) is 0 Å². The van der Waals surface area contributed by atoms with Crippen LogP contribution in [-0.4, -0.2) is 23.8 Å². The van der Waals surface area contributed by atoms with Crippen LogP contribution in [0, 0.1) is 12.3 Å². The minimum atomic E-state index is -0.240. The first kappa shape index (κ1) is 10.1. The van der Waals surface area contributed by atoms with E-state index in [9.17, 15) is 5.11 Å². The third kappa shape index (κ3) is 1.49. The van der Waals surface area contributed by atoms with E-state index in [0.29, 0.717) is 6.54 Å². The number of hydrogen-bond donors (Lipinski definition) is 1. The van der Waals surface area contributed by atoms with Crippen LogP contribution in [0.2, 0.25) is 0 Å². The molecule has 1 aliphatic heterocycles. The summed E-state index contributed by atoms with van der Waals surface area (Å²) < 4.78 is 0. The summed E-state index contributed by atoms with van der Waals surface area (Å²) in [7, 11) is 0. The normalized spacial score (nSPS) is 23.7. The van der Waals surface area contributed by atoms with E-state index < -0.39 is 0 Å². The second-order valence-electron chi connectivity index (χ2n) is 4.25. The second kappa shape index (κ2) is 3.60. The average Bonchev–Trinajstić information content (AvgIpc) is 2.54. The third-order valence-electron chi connectivity index (χ3n) is 3.10. The molecule has 1 atom stereocenters. The van der Waals surface area contributed by atoms with Gasteiger partial charge >= 0.3 is 0 Å². The molecule has 1 aliphatic rings. The molecule has 2 rings (SSSR count). The molecule has 2 nitrogen and oxygen atoms in total. The van der Waals surface area contributed by atoms with E-state index >= 15 is 0 Å². The van der Waals surface area contributed by atoms with Crippen LogP contribution in [0.15, 0.2) is 24.3 Å². The summed E-state index contributed by atoms with van der Waals surface area (Å²) in [6.45, 7) is 2.72. The van der Waals surface area contributed by atoms with Gasteiger partial charge in [-0.25, -0.2) is 0 Å². The van der Waals surface area contributed by atoms with Crippen LogP contribution in [0.5, 0.6) is 0 Å². The Morgan fingerprint density at radius 1 is 1.53 bits per heavy atom. The van der Waals surface area contributed by atoms with Gasteiger partial charge in [-0.1, -0.05) is 24.1 Å². The Morgan fingerprint density at radius 2 is 2.27 bits per heavy atom. The molecule has 0 saturated heterocycles.